The second-order valence-corrected chi connectivity index (χ2v) is 6.44. The average molecular weight is 354 g/mol. The molecule has 2 rings (SSSR count). The molecule has 0 aliphatic carbocycles. The minimum atomic E-state index is 0.0468. The van der Waals surface area contributed by atoms with Gasteiger partial charge < -0.3 is 9.88 Å². The molecule has 0 saturated heterocycles. The van der Waals surface area contributed by atoms with Crippen LogP contribution < -0.4 is 5.32 Å². The molecule has 1 aromatic carbocycles. The number of halogens is 1. The van der Waals surface area contributed by atoms with Gasteiger partial charge >= 0.3 is 0 Å². The Morgan fingerprint density at radius 2 is 2.20 bits per heavy atom. The molecule has 0 bridgehead atoms. The summed E-state index contributed by atoms with van der Waals surface area (Å²) in [6.07, 6.45) is 5.37. The molecule has 0 fully saturated rings. The Balaban J connectivity index is 1.73. The summed E-state index contributed by atoms with van der Waals surface area (Å²) >= 11 is 4.93. The molecule has 1 N–H and O–H groups in total. The lowest BCUT2D eigenvalue weighted by Crippen LogP contribution is -2.36. The SMILES string of the molecule is CC(Cn1ccnc1)NC(=O)CSc1ccc(Br)cc1. The number of carbonyl (C=O) groups excluding carboxylic acids is 1. The number of imidazole rings is 1. The summed E-state index contributed by atoms with van der Waals surface area (Å²) in [5.74, 6) is 0.473. The van der Waals surface area contributed by atoms with E-state index in [0.29, 0.717) is 5.75 Å². The van der Waals surface area contributed by atoms with Crippen LogP contribution in [-0.2, 0) is 11.3 Å². The second-order valence-electron chi connectivity index (χ2n) is 4.47. The van der Waals surface area contributed by atoms with E-state index in [4.69, 9.17) is 0 Å². The number of hydrogen-bond donors (Lipinski definition) is 1. The van der Waals surface area contributed by atoms with Crippen molar-refractivity contribution in [2.75, 3.05) is 5.75 Å². The molecule has 6 heteroatoms. The average Bonchev–Trinajstić information content (AvgIpc) is 2.90. The van der Waals surface area contributed by atoms with Crippen LogP contribution in [0.3, 0.4) is 0 Å². The van der Waals surface area contributed by atoms with Gasteiger partial charge in [0.1, 0.15) is 0 Å². The maximum absolute atomic E-state index is 11.9. The highest BCUT2D eigenvalue weighted by Crippen LogP contribution is 2.20. The highest BCUT2D eigenvalue weighted by atomic mass is 79.9. The molecular formula is C14H16BrN3OS. The lowest BCUT2D eigenvalue weighted by atomic mass is 10.3. The van der Waals surface area contributed by atoms with E-state index in [1.165, 1.54) is 11.8 Å². The minimum absolute atomic E-state index is 0.0468. The zero-order valence-electron chi connectivity index (χ0n) is 11.1. The quantitative estimate of drug-likeness (QED) is 0.812. The third kappa shape index (κ3) is 5.02. The zero-order valence-corrected chi connectivity index (χ0v) is 13.5. The first kappa shape index (κ1) is 15.1. The Hall–Kier alpha value is -1.27. The molecule has 1 amide bonds. The molecule has 4 nitrogen and oxygen atoms in total. The number of carbonyl (C=O) groups is 1. The van der Waals surface area contributed by atoms with Crippen molar-refractivity contribution >= 4 is 33.6 Å². The van der Waals surface area contributed by atoms with E-state index >= 15 is 0 Å². The topological polar surface area (TPSA) is 46.9 Å². The number of nitrogens with zero attached hydrogens (tertiary/aromatic N) is 2. The van der Waals surface area contributed by atoms with Crippen LogP contribution in [0.2, 0.25) is 0 Å². The lowest BCUT2D eigenvalue weighted by molar-refractivity contribution is -0.119. The highest BCUT2D eigenvalue weighted by Gasteiger charge is 2.08. The van der Waals surface area contributed by atoms with Gasteiger partial charge in [0.15, 0.2) is 0 Å². The molecule has 0 aliphatic rings. The summed E-state index contributed by atoms with van der Waals surface area (Å²) in [6, 6.07) is 8.03. The summed E-state index contributed by atoms with van der Waals surface area (Å²) in [7, 11) is 0. The fraction of sp³-hybridized carbons (Fsp3) is 0.286. The van der Waals surface area contributed by atoms with Crippen LogP contribution in [0.1, 0.15) is 6.92 Å². The van der Waals surface area contributed by atoms with E-state index in [9.17, 15) is 4.79 Å². The third-order valence-corrected chi connectivity index (χ3v) is 4.18. The van der Waals surface area contributed by atoms with E-state index in [1.54, 1.807) is 12.5 Å². The van der Waals surface area contributed by atoms with Gasteiger partial charge in [0.2, 0.25) is 5.91 Å². The maximum atomic E-state index is 11.9. The first-order chi connectivity index (χ1) is 9.63. The molecule has 0 aliphatic heterocycles. The van der Waals surface area contributed by atoms with Crippen LogP contribution in [0.25, 0.3) is 0 Å². The van der Waals surface area contributed by atoms with Gasteiger partial charge in [0, 0.05) is 34.3 Å². The van der Waals surface area contributed by atoms with Crippen molar-refractivity contribution in [1.82, 2.24) is 14.9 Å². The molecule has 1 atom stereocenters. The number of benzene rings is 1. The van der Waals surface area contributed by atoms with Gasteiger partial charge in [-0.1, -0.05) is 15.9 Å². The van der Waals surface area contributed by atoms with Gasteiger partial charge in [-0.05, 0) is 31.2 Å². The van der Waals surface area contributed by atoms with Gasteiger partial charge in [-0.25, -0.2) is 4.98 Å². The second kappa shape index (κ2) is 7.50. The minimum Gasteiger partial charge on any atom is -0.351 e. The van der Waals surface area contributed by atoms with E-state index < -0.39 is 0 Å². The van der Waals surface area contributed by atoms with E-state index in [1.807, 2.05) is 42.0 Å². The summed E-state index contributed by atoms with van der Waals surface area (Å²) in [4.78, 5) is 16.9. The molecule has 0 spiro atoms. The number of amides is 1. The molecule has 1 heterocycles. The van der Waals surface area contributed by atoms with Crippen molar-refractivity contribution in [3.8, 4) is 0 Å². The number of rotatable bonds is 6. The predicted molar refractivity (Wildman–Crippen MR) is 84.7 cm³/mol. The predicted octanol–water partition coefficient (Wildman–Crippen LogP) is 2.94. The van der Waals surface area contributed by atoms with Crippen molar-refractivity contribution in [2.24, 2.45) is 0 Å². The molecule has 106 valence electrons. The van der Waals surface area contributed by atoms with Gasteiger partial charge in [-0.15, -0.1) is 11.8 Å². The Morgan fingerprint density at radius 1 is 1.45 bits per heavy atom. The zero-order chi connectivity index (χ0) is 14.4. The maximum Gasteiger partial charge on any atom is 0.230 e. The standard InChI is InChI=1S/C14H16BrN3OS/c1-11(8-18-7-6-16-10-18)17-14(19)9-20-13-4-2-12(15)3-5-13/h2-7,10-11H,8-9H2,1H3,(H,17,19). The molecule has 1 aromatic heterocycles. The largest absolute Gasteiger partial charge is 0.351 e. The summed E-state index contributed by atoms with van der Waals surface area (Å²) in [5.41, 5.74) is 0. The van der Waals surface area contributed by atoms with Crippen molar-refractivity contribution in [3.63, 3.8) is 0 Å². The Morgan fingerprint density at radius 3 is 2.85 bits per heavy atom. The van der Waals surface area contributed by atoms with E-state index in [2.05, 4.69) is 26.2 Å². The molecule has 0 saturated carbocycles. The Kier molecular flexibility index (Phi) is 5.67. The van der Waals surface area contributed by atoms with Crippen LogP contribution in [0.15, 0.2) is 52.4 Å². The van der Waals surface area contributed by atoms with Crippen LogP contribution in [0.5, 0.6) is 0 Å². The molecule has 20 heavy (non-hydrogen) atoms. The van der Waals surface area contributed by atoms with Crippen LogP contribution in [0.4, 0.5) is 0 Å². The number of aromatic nitrogens is 2. The highest BCUT2D eigenvalue weighted by molar-refractivity contribution is 9.10. The van der Waals surface area contributed by atoms with E-state index in [-0.39, 0.29) is 11.9 Å². The number of nitrogens with one attached hydrogen (secondary N) is 1. The Bertz CT molecular complexity index is 542. The molecular weight excluding hydrogens is 338 g/mol. The van der Waals surface area contributed by atoms with Crippen LogP contribution in [0, 0.1) is 0 Å². The van der Waals surface area contributed by atoms with Gasteiger partial charge in [0.05, 0.1) is 12.1 Å². The van der Waals surface area contributed by atoms with Gasteiger partial charge in [0.25, 0.3) is 0 Å². The molecule has 1 unspecified atom stereocenters. The van der Waals surface area contributed by atoms with Crippen molar-refractivity contribution < 1.29 is 4.79 Å². The first-order valence-electron chi connectivity index (χ1n) is 6.27. The van der Waals surface area contributed by atoms with Gasteiger partial charge in [-0.3, -0.25) is 4.79 Å². The fourth-order valence-electron chi connectivity index (χ4n) is 1.75. The fourth-order valence-corrected chi connectivity index (χ4v) is 2.73. The summed E-state index contributed by atoms with van der Waals surface area (Å²) < 4.78 is 2.99. The number of thioether (sulfide) groups is 1. The number of hydrogen-bond acceptors (Lipinski definition) is 3. The van der Waals surface area contributed by atoms with Crippen LogP contribution in [-0.4, -0.2) is 27.3 Å². The normalized spacial score (nSPS) is 12.1. The summed E-state index contributed by atoms with van der Waals surface area (Å²) in [5, 5.41) is 2.98. The van der Waals surface area contributed by atoms with Crippen LogP contribution >= 0.6 is 27.7 Å². The first-order valence-corrected chi connectivity index (χ1v) is 8.05. The van der Waals surface area contributed by atoms with Gasteiger partial charge in [-0.2, -0.15) is 0 Å². The molecule has 0 radical (unpaired) electrons. The molecule has 2 aromatic rings. The smallest absolute Gasteiger partial charge is 0.230 e. The van der Waals surface area contributed by atoms with Crippen molar-refractivity contribution in [3.05, 3.63) is 47.5 Å². The summed E-state index contributed by atoms with van der Waals surface area (Å²) in [6.45, 7) is 2.72. The Labute approximate surface area is 131 Å². The van der Waals surface area contributed by atoms with Crippen molar-refractivity contribution in [2.45, 2.75) is 24.4 Å². The lowest BCUT2D eigenvalue weighted by Gasteiger charge is -2.14. The van der Waals surface area contributed by atoms with Crippen molar-refractivity contribution in [1.29, 1.82) is 0 Å². The third-order valence-electron chi connectivity index (χ3n) is 2.63. The monoisotopic (exact) mass is 353 g/mol. The van der Waals surface area contributed by atoms with E-state index in [0.717, 1.165) is 15.9 Å².